The first kappa shape index (κ1) is 21.5. The number of anilines is 3. The molecule has 262 valence electrons. The molecule has 0 N–H and O–H groups in total. The van der Waals surface area contributed by atoms with Crippen LogP contribution in [0, 0.1) is 0 Å². The lowest BCUT2D eigenvalue weighted by Gasteiger charge is -2.28. The van der Waals surface area contributed by atoms with Gasteiger partial charge in [-0.15, -0.1) is 0 Å². The van der Waals surface area contributed by atoms with E-state index in [2.05, 4.69) is 0 Å². The van der Waals surface area contributed by atoms with Crippen molar-refractivity contribution in [1.82, 2.24) is 0 Å². The Morgan fingerprint density at radius 2 is 0.982 bits per heavy atom. The Morgan fingerprint density at radius 1 is 0.375 bits per heavy atom. The molecule has 56 heavy (non-hydrogen) atoms. The molecular formula is C54H35NO. The Kier molecular flexibility index (Phi) is 5.04. The molecule has 1 heterocycles. The zero-order valence-electron chi connectivity index (χ0n) is 42.6. The Bertz CT molecular complexity index is 3950. The van der Waals surface area contributed by atoms with Crippen LogP contribution < -0.4 is 4.90 Å². The van der Waals surface area contributed by atoms with Crippen LogP contribution in [0.1, 0.15) is 17.8 Å². The monoisotopic (exact) mass is 726 g/mol. The maximum atomic E-state index is 9.76. The highest BCUT2D eigenvalue weighted by Gasteiger charge is 2.21. The molecule has 0 atom stereocenters. The maximum Gasteiger partial charge on any atom is 0.136 e. The third kappa shape index (κ3) is 5.42. The highest BCUT2D eigenvalue weighted by molar-refractivity contribution is 6.16. The van der Waals surface area contributed by atoms with E-state index in [1.807, 2.05) is 103 Å². The van der Waals surface area contributed by atoms with Crippen LogP contribution in [0.5, 0.6) is 0 Å². The Hall–Kier alpha value is -7.42. The minimum absolute atomic E-state index is 0.00925. The Morgan fingerprint density at radius 3 is 1.77 bits per heavy atom. The summed E-state index contributed by atoms with van der Waals surface area (Å²) in [7, 11) is 0. The molecule has 0 aliphatic carbocycles. The van der Waals surface area contributed by atoms with Gasteiger partial charge in [-0.05, 0) is 115 Å². The Labute approximate surface area is 343 Å². The van der Waals surface area contributed by atoms with E-state index in [0.717, 1.165) is 37.7 Å². The molecule has 11 aromatic rings. The molecule has 0 radical (unpaired) electrons. The van der Waals surface area contributed by atoms with Crippen molar-refractivity contribution in [3.05, 3.63) is 212 Å². The number of rotatable bonds is 6. The summed E-state index contributed by atoms with van der Waals surface area (Å²) in [6, 6.07) is 33.0. The molecule has 10 aromatic carbocycles. The molecular weight excluding hydrogens is 679 g/mol. The van der Waals surface area contributed by atoms with Gasteiger partial charge in [-0.3, -0.25) is 0 Å². The van der Waals surface area contributed by atoms with Crippen molar-refractivity contribution < 1.29 is 22.2 Å². The third-order valence-corrected chi connectivity index (χ3v) is 10.3. The van der Waals surface area contributed by atoms with Crippen LogP contribution in [0.3, 0.4) is 0 Å². The molecule has 2 heteroatoms. The van der Waals surface area contributed by atoms with E-state index in [1.165, 1.54) is 4.90 Å². The molecule has 0 aliphatic rings. The van der Waals surface area contributed by atoms with Crippen LogP contribution >= 0.6 is 0 Å². The molecule has 0 fully saturated rings. The molecule has 0 spiro atoms. The van der Waals surface area contributed by atoms with E-state index in [0.29, 0.717) is 33.2 Å². The van der Waals surface area contributed by atoms with Crippen LogP contribution in [-0.2, 0) is 0 Å². The fraction of sp³-hybridized carbons (Fsp3) is 0. The van der Waals surface area contributed by atoms with Crippen molar-refractivity contribution in [2.75, 3.05) is 4.90 Å². The van der Waals surface area contributed by atoms with Crippen molar-refractivity contribution >= 4 is 71.3 Å². The van der Waals surface area contributed by atoms with E-state index in [1.54, 1.807) is 30.3 Å². The predicted octanol–water partition coefficient (Wildman–Crippen LogP) is 15.5. The second-order valence-corrected chi connectivity index (χ2v) is 13.5. The number of hydrogen-bond acceptors (Lipinski definition) is 2. The maximum absolute atomic E-state index is 9.76. The van der Waals surface area contributed by atoms with Crippen LogP contribution in [-0.4, -0.2) is 0 Å². The van der Waals surface area contributed by atoms with Crippen molar-refractivity contribution in [3.63, 3.8) is 0 Å². The van der Waals surface area contributed by atoms with Gasteiger partial charge in [-0.1, -0.05) is 158 Å². The summed E-state index contributed by atoms with van der Waals surface area (Å²) in [5.41, 5.74) is 0.920. The smallest absolute Gasteiger partial charge is 0.136 e. The van der Waals surface area contributed by atoms with Crippen LogP contribution in [0.15, 0.2) is 216 Å². The summed E-state index contributed by atoms with van der Waals surface area (Å²) in [6.07, 6.45) is 0. The van der Waals surface area contributed by atoms with Gasteiger partial charge in [0.25, 0.3) is 0 Å². The van der Waals surface area contributed by atoms with Crippen molar-refractivity contribution in [1.29, 1.82) is 0 Å². The molecule has 0 saturated carbocycles. The van der Waals surface area contributed by atoms with Gasteiger partial charge < -0.3 is 9.32 Å². The number of fused-ring (bicyclic) bond motifs is 7. The second-order valence-electron chi connectivity index (χ2n) is 13.5. The van der Waals surface area contributed by atoms with E-state index in [4.69, 9.17) is 11.3 Å². The molecule has 0 aliphatic heterocycles. The molecule has 0 bridgehead atoms. The highest BCUT2D eigenvalue weighted by atomic mass is 16.3. The quantitative estimate of drug-likeness (QED) is 0.159. The van der Waals surface area contributed by atoms with Gasteiger partial charge >= 0.3 is 0 Å². The summed E-state index contributed by atoms with van der Waals surface area (Å²) < 4.78 is 125. The number of hydrogen-bond donors (Lipinski definition) is 0. The average Bonchev–Trinajstić information content (AvgIpc) is 3.73. The summed E-state index contributed by atoms with van der Waals surface area (Å²) in [4.78, 5) is 1.22. The summed E-state index contributed by atoms with van der Waals surface area (Å²) in [6.45, 7) is 0. The highest BCUT2D eigenvalue weighted by Crippen LogP contribution is 2.46. The zero-order chi connectivity index (χ0) is 48.3. The third-order valence-electron chi connectivity index (χ3n) is 10.3. The van der Waals surface area contributed by atoms with Crippen LogP contribution in [0.25, 0.3) is 87.6 Å². The number of para-hydroxylation sites is 1. The van der Waals surface area contributed by atoms with Crippen LogP contribution in [0.4, 0.5) is 17.1 Å². The van der Waals surface area contributed by atoms with E-state index in [9.17, 15) is 11.0 Å². The van der Waals surface area contributed by atoms with Crippen LogP contribution in [0.2, 0.25) is 0 Å². The summed E-state index contributed by atoms with van der Waals surface area (Å²) >= 11 is 0. The van der Waals surface area contributed by atoms with E-state index >= 15 is 0 Å². The molecule has 0 unspecified atom stereocenters. The number of furan rings is 1. The van der Waals surface area contributed by atoms with E-state index in [-0.39, 0.29) is 16.9 Å². The van der Waals surface area contributed by atoms with Gasteiger partial charge in [0.15, 0.2) is 0 Å². The first-order chi connectivity index (χ1) is 33.2. The first-order valence-corrected chi connectivity index (χ1v) is 18.1. The van der Waals surface area contributed by atoms with Gasteiger partial charge in [0.05, 0.1) is 23.5 Å². The van der Waals surface area contributed by atoms with Gasteiger partial charge in [-0.2, -0.15) is 0 Å². The standard InChI is InChI=1S/C54H35NO/c1-2-11-36(12-3-1)37-23-28-44(29-24-37)55(45-30-25-38(26-31-45)42-27-32-47-43(33-42)22-21-39-13-6-7-16-46(39)47)51-19-9-8-17-48(51)49-18-10-20-52-54(49)50-34-40-14-4-5-15-41(40)35-53(50)56-52/h1-35H/i1D,2D,3D,11D,12D,23D,24D,25D,26D,28D,29D,30D,31D. The lowest BCUT2D eigenvalue weighted by atomic mass is 9.95. The number of benzene rings is 10. The normalized spacial score (nSPS) is 14.8. The minimum Gasteiger partial charge on any atom is -0.456 e. The topological polar surface area (TPSA) is 16.4 Å². The predicted molar refractivity (Wildman–Crippen MR) is 237 cm³/mol. The van der Waals surface area contributed by atoms with Gasteiger partial charge in [0, 0.05) is 27.7 Å². The molecule has 0 amide bonds. The summed E-state index contributed by atoms with van der Waals surface area (Å²) in [5.74, 6) is 0. The molecule has 0 saturated heterocycles. The van der Waals surface area contributed by atoms with Gasteiger partial charge in [0.2, 0.25) is 0 Å². The summed E-state index contributed by atoms with van der Waals surface area (Å²) in [5, 5.41) is 7.23. The molecule has 2 nitrogen and oxygen atoms in total. The fourth-order valence-corrected chi connectivity index (χ4v) is 7.63. The lowest BCUT2D eigenvalue weighted by Crippen LogP contribution is -2.11. The average molecular weight is 727 g/mol. The number of nitrogens with zero attached hydrogens (tertiary/aromatic N) is 1. The van der Waals surface area contributed by atoms with Gasteiger partial charge in [-0.25, -0.2) is 0 Å². The lowest BCUT2D eigenvalue weighted by molar-refractivity contribution is 0.669. The second kappa shape index (κ2) is 13.2. The largest absolute Gasteiger partial charge is 0.456 e. The van der Waals surface area contributed by atoms with Gasteiger partial charge in [0.1, 0.15) is 11.2 Å². The van der Waals surface area contributed by atoms with E-state index < -0.39 is 95.4 Å². The van der Waals surface area contributed by atoms with Crippen molar-refractivity contribution in [2.24, 2.45) is 0 Å². The molecule has 1 aromatic heterocycles. The fourth-order valence-electron chi connectivity index (χ4n) is 7.63. The first-order valence-electron chi connectivity index (χ1n) is 24.6. The molecule has 11 rings (SSSR count). The van der Waals surface area contributed by atoms with Crippen molar-refractivity contribution in [2.45, 2.75) is 0 Å². The van der Waals surface area contributed by atoms with Crippen molar-refractivity contribution in [3.8, 4) is 33.4 Å². The Balaban J connectivity index is 1.21. The SMILES string of the molecule is [2H]c1c([2H])c([2H])c(-c2c([2H])c([2H])c(N(c3ccccc3-c3cccc4oc5cc6ccccc6cc5c34)c3c([2H])c([2H])c(-c4ccc5c(ccc6ccccc65)c4)c([2H])c3[2H])c([2H])c2[2H])c([2H])c1[2H]. The zero-order valence-corrected chi connectivity index (χ0v) is 29.6. The minimum atomic E-state index is -0.752.